The van der Waals surface area contributed by atoms with Crippen LogP contribution in [-0.4, -0.2) is 10.9 Å². The van der Waals surface area contributed by atoms with Crippen molar-refractivity contribution in [3.8, 4) is 17.6 Å². The average Bonchev–Trinajstić information content (AvgIpc) is 2.71. The number of anilines is 1. The lowest BCUT2D eigenvalue weighted by atomic mass is 10.1. The SMILES string of the molecule is CCc1nccc(NC(=O)Cc2ccc(Oc3ccc(C#N)cc3)cc2)c1Cl. The van der Waals surface area contributed by atoms with Gasteiger partial charge in [0.15, 0.2) is 0 Å². The van der Waals surface area contributed by atoms with E-state index in [1.807, 2.05) is 19.1 Å². The normalized spacial score (nSPS) is 10.2. The zero-order valence-corrected chi connectivity index (χ0v) is 16.0. The quantitative estimate of drug-likeness (QED) is 0.631. The molecule has 1 aromatic heterocycles. The van der Waals surface area contributed by atoms with Gasteiger partial charge in [-0.3, -0.25) is 9.78 Å². The third kappa shape index (κ3) is 4.87. The monoisotopic (exact) mass is 391 g/mol. The van der Waals surface area contributed by atoms with E-state index >= 15 is 0 Å². The Labute approximate surface area is 168 Å². The van der Waals surface area contributed by atoms with Gasteiger partial charge in [0.05, 0.1) is 34.5 Å². The van der Waals surface area contributed by atoms with Gasteiger partial charge < -0.3 is 10.1 Å². The van der Waals surface area contributed by atoms with E-state index < -0.39 is 0 Å². The summed E-state index contributed by atoms with van der Waals surface area (Å²) in [4.78, 5) is 16.5. The van der Waals surface area contributed by atoms with Crippen molar-refractivity contribution in [3.63, 3.8) is 0 Å². The van der Waals surface area contributed by atoms with Gasteiger partial charge in [0.2, 0.25) is 5.91 Å². The Morgan fingerprint density at radius 2 is 1.75 bits per heavy atom. The van der Waals surface area contributed by atoms with Crippen LogP contribution in [0.2, 0.25) is 5.02 Å². The second-order valence-electron chi connectivity index (χ2n) is 6.08. The first kappa shape index (κ1) is 19.4. The zero-order valence-electron chi connectivity index (χ0n) is 15.3. The number of benzene rings is 2. The van der Waals surface area contributed by atoms with E-state index in [1.165, 1.54) is 0 Å². The molecule has 0 aliphatic carbocycles. The smallest absolute Gasteiger partial charge is 0.228 e. The lowest BCUT2D eigenvalue weighted by Crippen LogP contribution is -2.15. The molecule has 0 atom stereocenters. The molecule has 140 valence electrons. The number of rotatable bonds is 6. The van der Waals surface area contributed by atoms with E-state index in [4.69, 9.17) is 21.6 Å². The Bertz CT molecular complexity index is 1010. The van der Waals surface area contributed by atoms with Crippen molar-refractivity contribution in [1.29, 1.82) is 5.26 Å². The first-order valence-electron chi connectivity index (χ1n) is 8.79. The number of carbonyl (C=O) groups excluding carboxylic acids is 1. The van der Waals surface area contributed by atoms with Gasteiger partial charge >= 0.3 is 0 Å². The summed E-state index contributed by atoms with van der Waals surface area (Å²) in [6.45, 7) is 1.96. The van der Waals surface area contributed by atoms with Crippen LogP contribution in [0.15, 0.2) is 60.8 Å². The summed E-state index contributed by atoms with van der Waals surface area (Å²) in [7, 11) is 0. The lowest BCUT2D eigenvalue weighted by Gasteiger charge is -2.10. The topological polar surface area (TPSA) is 75.0 Å². The number of pyridine rings is 1. The van der Waals surface area contributed by atoms with Gasteiger partial charge in [0.25, 0.3) is 0 Å². The van der Waals surface area contributed by atoms with Gasteiger partial charge in [0, 0.05) is 6.20 Å². The summed E-state index contributed by atoms with van der Waals surface area (Å²) in [5.74, 6) is 1.14. The Morgan fingerprint density at radius 3 is 2.36 bits per heavy atom. The van der Waals surface area contributed by atoms with Crippen LogP contribution in [0.5, 0.6) is 11.5 Å². The fourth-order valence-electron chi connectivity index (χ4n) is 2.62. The number of ether oxygens (including phenoxy) is 1. The van der Waals surface area contributed by atoms with E-state index in [-0.39, 0.29) is 12.3 Å². The van der Waals surface area contributed by atoms with Crippen molar-refractivity contribution in [2.24, 2.45) is 0 Å². The highest BCUT2D eigenvalue weighted by Crippen LogP contribution is 2.25. The number of carbonyl (C=O) groups is 1. The predicted molar refractivity (Wildman–Crippen MR) is 109 cm³/mol. The molecule has 0 saturated carbocycles. The predicted octanol–water partition coefficient (Wildman–Crippen LogP) is 5.14. The molecular formula is C22H18ClN3O2. The number of hydrogen-bond acceptors (Lipinski definition) is 4. The highest BCUT2D eigenvalue weighted by molar-refractivity contribution is 6.34. The molecule has 2 aromatic carbocycles. The standard InChI is InChI=1S/C22H18ClN3O2/c1-2-19-22(23)20(11-12-25-19)26-21(27)13-15-3-7-17(8-4-15)28-18-9-5-16(14-24)6-10-18/h3-12H,2,13H2,1H3,(H,25,26,27). The molecule has 0 bridgehead atoms. The van der Waals surface area contributed by atoms with Crippen molar-refractivity contribution in [2.75, 3.05) is 5.32 Å². The molecule has 3 aromatic rings. The third-order valence-electron chi connectivity index (χ3n) is 4.08. The second-order valence-corrected chi connectivity index (χ2v) is 6.46. The molecule has 28 heavy (non-hydrogen) atoms. The van der Waals surface area contributed by atoms with Gasteiger partial charge in [0.1, 0.15) is 11.5 Å². The fourth-order valence-corrected chi connectivity index (χ4v) is 2.91. The van der Waals surface area contributed by atoms with Crippen LogP contribution in [0.4, 0.5) is 5.69 Å². The van der Waals surface area contributed by atoms with Crippen molar-refractivity contribution in [2.45, 2.75) is 19.8 Å². The van der Waals surface area contributed by atoms with Gasteiger partial charge in [-0.2, -0.15) is 5.26 Å². The van der Waals surface area contributed by atoms with E-state index in [1.54, 1.807) is 48.7 Å². The number of aromatic nitrogens is 1. The van der Waals surface area contributed by atoms with E-state index in [0.29, 0.717) is 34.2 Å². The van der Waals surface area contributed by atoms with Crippen molar-refractivity contribution < 1.29 is 9.53 Å². The van der Waals surface area contributed by atoms with Crippen LogP contribution >= 0.6 is 11.6 Å². The number of nitrogens with zero attached hydrogens (tertiary/aromatic N) is 2. The van der Waals surface area contributed by atoms with Gasteiger partial charge in [-0.15, -0.1) is 0 Å². The minimum atomic E-state index is -0.157. The highest BCUT2D eigenvalue weighted by Gasteiger charge is 2.10. The molecular weight excluding hydrogens is 374 g/mol. The Morgan fingerprint density at radius 1 is 1.11 bits per heavy atom. The highest BCUT2D eigenvalue weighted by atomic mass is 35.5. The average molecular weight is 392 g/mol. The number of nitrogens with one attached hydrogen (secondary N) is 1. The minimum absolute atomic E-state index is 0.157. The largest absolute Gasteiger partial charge is 0.457 e. The molecule has 1 N–H and O–H groups in total. The number of aryl methyl sites for hydroxylation is 1. The molecule has 0 aliphatic rings. The van der Waals surface area contributed by atoms with Crippen LogP contribution in [0.25, 0.3) is 0 Å². The minimum Gasteiger partial charge on any atom is -0.457 e. The molecule has 0 saturated heterocycles. The maximum atomic E-state index is 12.3. The summed E-state index contributed by atoms with van der Waals surface area (Å²) in [6, 6.07) is 17.9. The van der Waals surface area contributed by atoms with Crippen molar-refractivity contribution in [3.05, 3.63) is 82.6 Å². The number of nitriles is 1. The van der Waals surface area contributed by atoms with Crippen LogP contribution in [0.3, 0.4) is 0 Å². The Balaban J connectivity index is 1.60. The molecule has 0 spiro atoms. The first-order valence-corrected chi connectivity index (χ1v) is 9.17. The van der Waals surface area contributed by atoms with Crippen LogP contribution in [0.1, 0.15) is 23.7 Å². The summed E-state index contributed by atoms with van der Waals surface area (Å²) in [5, 5.41) is 12.1. The van der Waals surface area contributed by atoms with Crippen LogP contribution in [-0.2, 0) is 17.6 Å². The summed E-state index contributed by atoms with van der Waals surface area (Å²) < 4.78 is 5.74. The zero-order chi connectivity index (χ0) is 19.9. The first-order chi connectivity index (χ1) is 13.6. The summed E-state index contributed by atoms with van der Waals surface area (Å²) in [5.41, 5.74) is 2.75. The van der Waals surface area contributed by atoms with E-state index in [0.717, 1.165) is 11.3 Å². The molecule has 6 heteroatoms. The second kappa shape index (κ2) is 9.03. The van der Waals surface area contributed by atoms with Crippen molar-refractivity contribution >= 4 is 23.2 Å². The van der Waals surface area contributed by atoms with Gasteiger partial charge in [-0.25, -0.2) is 0 Å². The third-order valence-corrected chi connectivity index (χ3v) is 4.50. The molecule has 0 unspecified atom stereocenters. The lowest BCUT2D eigenvalue weighted by molar-refractivity contribution is -0.115. The van der Waals surface area contributed by atoms with Crippen LogP contribution in [0, 0.1) is 11.3 Å². The van der Waals surface area contributed by atoms with Gasteiger partial charge in [-0.1, -0.05) is 30.7 Å². The molecule has 0 aliphatic heterocycles. The van der Waals surface area contributed by atoms with Gasteiger partial charge in [-0.05, 0) is 54.4 Å². The summed E-state index contributed by atoms with van der Waals surface area (Å²) in [6.07, 6.45) is 2.55. The molecule has 1 heterocycles. The number of amides is 1. The summed E-state index contributed by atoms with van der Waals surface area (Å²) >= 11 is 6.26. The van der Waals surface area contributed by atoms with E-state index in [9.17, 15) is 4.79 Å². The Kier molecular flexibility index (Phi) is 6.25. The maximum Gasteiger partial charge on any atom is 0.228 e. The van der Waals surface area contributed by atoms with Crippen molar-refractivity contribution in [1.82, 2.24) is 4.98 Å². The molecule has 3 rings (SSSR count). The molecule has 0 radical (unpaired) electrons. The van der Waals surface area contributed by atoms with E-state index in [2.05, 4.69) is 16.4 Å². The maximum absolute atomic E-state index is 12.3. The van der Waals surface area contributed by atoms with Crippen LogP contribution < -0.4 is 10.1 Å². The fraction of sp³-hybridized carbons (Fsp3) is 0.136. The number of hydrogen-bond donors (Lipinski definition) is 1. The molecule has 1 amide bonds. The Hall–Kier alpha value is -3.36. The molecule has 5 nitrogen and oxygen atoms in total. The number of halogens is 1. The molecule has 0 fully saturated rings.